The molecule has 1 aliphatic heterocycles. The van der Waals surface area contributed by atoms with E-state index >= 15 is 0 Å². The maximum atomic E-state index is 13.4. The number of benzene rings is 1. The van der Waals surface area contributed by atoms with E-state index in [-0.39, 0.29) is 48.6 Å². The largest absolute Gasteiger partial charge is 0.416 e. The minimum Gasteiger partial charge on any atom is -0.372 e. The number of hydrogen-bond acceptors (Lipinski definition) is 3. The van der Waals surface area contributed by atoms with E-state index in [0.717, 1.165) is 23.1 Å². The lowest BCUT2D eigenvalue weighted by Gasteiger charge is -2.22. The Morgan fingerprint density at radius 1 is 1.28 bits per heavy atom. The van der Waals surface area contributed by atoms with Crippen molar-refractivity contribution in [2.24, 2.45) is 0 Å². The van der Waals surface area contributed by atoms with Crippen LogP contribution in [0, 0.1) is 5.82 Å². The molecule has 32 heavy (non-hydrogen) atoms. The zero-order valence-electron chi connectivity index (χ0n) is 17.1. The van der Waals surface area contributed by atoms with Gasteiger partial charge in [0.1, 0.15) is 5.82 Å². The van der Waals surface area contributed by atoms with Crippen LogP contribution in [0.25, 0.3) is 0 Å². The molecule has 1 aromatic rings. The highest BCUT2D eigenvalue weighted by Crippen LogP contribution is 2.35. The number of amides is 2. The van der Waals surface area contributed by atoms with Crippen LogP contribution in [-0.4, -0.2) is 40.1 Å². The topological polar surface area (TPSA) is 69.6 Å². The number of alkyl halides is 3. The Morgan fingerprint density at radius 2 is 2.00 bits per heavy atom. The summed E-state index contributed by atoms with van der Waals surface area (Å²) in [6.07, 6.45) is -1.04. The Labute approximate surface area is 187 Å². The van der Waals surface area contributed by atoms with Crippen LogP contribution in [0.5, 0.6) is 0 Å². The minimum atomic E-state index is -4.53. The monoisotopic (exact) mass is 472 g/mol. The lowest BCUT2D eigenvalue weighted by Crippen LogP contribution is -2.52. The van der Waals surface area contributed by atoms with Crippen LogP contribution >= 0.6 is 11.6 Å². The second-order valence-corrected chi connectivity index (χ2v) is 8.00. The van der Waals surface area contributed by atoms with E-state index < -0.39 is 35.0 Å². The lowest BCUT2D eigenvalue weighted by molar-refractivity contribution is -0.153. The highest BCUT2D eigenvalue weighted by atomic mass is 35.5. The minimum absolute atomic E-state index is 0.0115. The quantitative estimate of drug-likeness (QED) is 0.499. The summed E-state index contributed by atoms with van der Waals surface area (Å²) in [5.74, 6) is -2.52. The van der Waals surface area contributed by atoms with Gasteiger partial charge in [0, 0.05) is 30.2 Å². The molecule has 2 N–H and O–H groups in total. The molecule has 10 heteroatoms. The molecule has 5 nitrogen and oxygen atoms in total. The molecule has 3 rings (SSSR count). The summed E-state index contributed by atoms with van der Waals surface area (Å²) >= 11 is 5.77. The predicted molar refractivity (Wildman–Crippen MR) is 110 cm³/mol. The first-order chi connectivity index (χ1) is 15.0. The van der Waals surface area contributed by atoms with Crippen LogP contribution in [0.4, 0.5) is 17.6 Å². The zero-order valence-corrected chi connectivity index (χ0v) is 17.9. The van der Waals surface area contributed by atoms with Crippen LogP contribution in [0.1, 0.15) is 31.7 Å². The van der Waals surface area contributed by atoms with Crippen molar-refractivity contribution in [3.8, 4) is 0 Å². The average molecular weight is 473 g/mol. The number of aliphatic hydroxyl groups is 1. The van der Waals surface area contributed by atoms with Gasteiger partial charge in [0.05, 0.1) is 5.57 Å². The molecule has 2 aliphatic rings. The number of nitrogens with one attached hydrogen (secondary N) is 1. The Bertz CT molecular complexity index is 1010. The predicted octanol–water partition coefficient (Wildman–Crippen LogP) is 4.17. The van der Waals surface area contributed by atoms with Gasteiger partial charge in [-0.15, -0.1) is 0 Å². The van der Waals surface area contributed by atoms with Gasteiger partial charge >= 0.3 is 6.18 Å². The Balaban J connectivity index is 1.73. The number of halogens is 5. The van der Waals surface area contributed by atoms with E-state index in [2.05, 4.69) is 5.32 Å². The summed E-state index contributed by atoms with van der Waals surface area (Å²) in [7, 11) is 0. The number of rotatable bonds is 5. The first kappa shape index (κ1) is 24.0. The molecular formula is C22H21ClF4N2O3. The number of allylic oxidation sites excluding steroid dienone is 5. The van der Waals surface area contributed by atoms with Crippen molar-refractivity contribution in [3.05, 3.63) is 69.7 Å². The molecule has 1 unspecified atom stereocenters. The van der Waals surface area contributed by atoms with Gasteiger partial charge in [-0.05, 0) is 48.8 Å². The van der Waals surface area contributed by atoms with Crippen molar-refractivity contribution in [3.63, 3.8) is 0 Å². The molecule has 0 radical (unpaired) electrons. The van der Waals surface area contributed by atoms with Crippen molar-refractivity contribution in [2.75, 3.05) is 6.54 Å². The molecule has 1 heterocycles. The van der Waals surface area contributed by atoms with Gasteiger partial charge in [-0.2, -0.15) is 13.2 Å². The fourth-order valence-electron chi connectivity index (χ4n) is 3.73. The molecule has 0 spiro atoms. The second kappa shape index (κ2) is 9.07. The molecule has 1 aromatic carbocycles. The molecule has 1 saturated heterocycles. The Kier molecular flexibility index (Phi) is 6.80. The van der Waals surface area contributed by atoms with E-state index in [4.69, 9.17) is 11.6 Å². The molecule has 1 aliphatic carbocycles. The molecule has 2 amide bonds. The molecular weight excluding hydrogens is 452 g/mol. The maximum absolute atomic E-state index is 13.4. The van der Waals surface area contributed by atoms with E-state index in [1.54, 1.807) is 6.92 Å². The SMILES string of the molecule is CCC1=C(C(F)(F)F)C=CC(N2CCC(O)(C(=O)NCc3cc(F)cc(Cl)c3)C2=O)=CC1. The third kappa shape index (κ3) is 4.88. The lowest BCUT2D eigenvalue weighted by atomic mass is 10.0. The number of nitrogens with zero attached hydrogens (tertiary/aromatic N) is 1. The van der Waals surface area contributed by atoms with Crippen molar-refractivity contribution in [1.29, 1.82) is 0 Å². The van der Waals surface area contributed by atoms with Crippen molar-refractivity contribution >= 4 is 23.4 Å². The molecule has 0 aromatic heterocycles. The van der Waals surface area contributed by atoms with Crippen molar-refractivity contribution < 1.29 is 32.3 Å². The fourth-order valence-corrected chi connectivity index (χ4v) is 3.97. The number of carbonyl (C=O) groups is 2. The van der Waals surface area contributed by atoms with Crippen LogP contribution in [0.3, 0.4) is 0 Å². The molecule has 0 bridgehead atoms. The smallest absolute Gasteiger partial charge is 0.372 e. The number of hydrogen-bond donors (Lipinski definition) is 2. The van der Waals surface area contributed by atoms with Gasteiger partial charge in [-0.1, -0.05) is 30.2 Å². The molecule has 1 atom stereocenters. The van der Waals surface area contributed by atoms with Gasteiger partial charge in [0.2, 0.25) is 5.60 Å². The zero-order chi connectivity index (χ0) is 23.7. The first-order valence-corrected chi connectivity index (χ1v) is 10.3. The highest BCUT2D eigenvalue weighted by molar-refractivity contribution is 6.30. The average Bonchev–Trinajstić information content (AvgIpc) is 2.89. The van der Waals surface area contributed by atoms with E-state index in [0.29, 0.717) is 5.56 Å². The van der Waals surface area contributed by atoms with Crippen molar-refractivity contribution in [1.82, 2.24) is 10.2 Å². The fraction of sp³-hybridized carbons (Fsp3) is 0.364. The second-order valence-electron chi connectivity index (χ2n) is 7.56. The maximum Gasteiger partial charge on any atom is 0.416 e. The Morgan fingerprint density at radius 3 is 2.62 bits per heavy atom. The van der Waals surface area contributed by atoms with E-state index in [9.17, 15) is 32.3 Å². The number of likely N-dealkylation sites (tertiary alicyclic amines) is 1. The normalized spacial score (nSPS) is 21.7. The molecule has 172 valence electrons. The Hall–Kier alpha value is -2.65. The van der Waals surface area contributed by atoms with Gasteiger partial charge < -0.3 is 15.3 Å². The standard InChI is InChI=1S/C22H21ClF4N2O3/c1-2-14-3-4-17(5-6-18(14)22(25,26)27)29-8-7-21(32,20(29)31)19(30)28-12-13-9-15(23)11-16(24)10-13/h4-6,9-11,32H,2-3,7-8,12H2,1H3,(H,28,30). The van der Waals surface area contributed by atoms with Crippen LogP contribution in [-0.2, 0) is 16.1 Å². The summed E-state index contributed by atoms with van der Waals surface area (Å²) in [5.41, 5.74) is -2.45. The van der Waals surface area contributed by atoms with Gasteiger partial charge in [-0.25, -0.2) is 4.39 Å². The number of carbonyl (C=O) groups excluding carboxylic acids is 2. The summed E-state index contributed by atoms with van der Waals surface area (Å²) in [5, 5.41) is 13.2. The van der Waals surface area contributed by atoms with Crippen LogP contribution < -0.4 is 5.32 Å². The van der Waals surface area contributed by atoms with Crippen molar-refractivity contribution in [2.45, 2.75) is 44.5 Å². The third-order valence-corrected chi connectivity index (χ3v) is 5.67. The van der Waals surface area contributed by atoms with E-state index in [1.807, 2.05) is 0 Å². The first-order valence-electron chi connectivity index (χ1n) is 9.90. The van der Waals surface area contributed by atoms with E-state index in [1.165, 1.54) is 18.2 Å². The van der Waals surface area contributed by atoms with Crippen LogP contribution in [0.2, 0.25) is 5.02 Å². The molecule has 0 saturated carbocycles. The summed E-state index contributed by atoms with van der Waals surface area (Å²) in [4.78, 5) is 26.5. The van der Waals surface area contributed by atoms with Gasteiger partial charge in [0.25, 0.3) is 11.8 Å². The summed E-state index contributed by atoms with van der Waals surface area (Å²) in [6.45, 7) is 1.39. The van der Waals surface area contributed by atoms with Gasteiger partial charge in [-0.3, -0.25) is 9.59 Å². The van der Waals surface area contributed by atoms with Gasteiger partial charge in [0.15, 0.2) is 0 Å². The summed E-state index contributed by atoms with van der Waals surface area (Å²) < 4.78 is 53.4. The summed E-state index contributed by atoms with van der Waals surface area (Å²) in [6, 6.07) is 3.67. The highest BCUT2D eigenvalue weighted by Gasteiger charge is 2.52. The van der Waals surface area contributed by atoms with Crippen LogP contribution in [0.15, 0.2) is 53.3 Å². The molecule has 1 fully saturated rings. The third-order valence-electron chi connectivity index (χ3n) is 5.45.